The largest absolute Gasteiger partial charge is 0.493 e. The van der Waals surface area contributed by atoms with Gasteiger partial charge in [0.25, 0.3) is 5.91 Å². The lowest BCUT2D eigenvalue weighted by Crippen LogP contribution is -2.11. The maximum absolute atomic E-state index is 12.4. The van der Waals surface area contributed by atoms with E-state index in [0.717, 1.165) is 5.75 Å². The molecule has 0 radical (unpaired) electrons. The smallest absolute Gasteiger partial charge is 0.255 e. The maximum atomic E-state index is 12.4. The number of anilines is 1. The Morgan fingerprint density at radius 3 is 2.08 bits per heavy atom. The zero-order chi connectivity index (χ0) is 18.4. The molecule has 5 heteroatoms. The third-order valence-electron chi connectivity index (χ3n) is 3.74. The monoisotopic (exact) mass is 349 g/mol. The molecule has 0 fully saturated rings. The van der Waals surface area contributed by atoms with Crippen molar-refractivity contribution >= 4 is 11.6 Å². The van der Waals surface area contributed by atoms with Gasteiger partial charge in [0, 0.05) is 17.3 Å². The highest BCUT2D eigenvalue weighted by molar-refractivity contribution is 6.04. The molecule has 0 aliphatic carbocycles. The zero-order valence-electron chi connectivity index (χ0n) is 14.6. The predicted octanol–water partition coefficient (Wildman–Crippen LogP) is 4.75. The van der Waals surface area contributed by atoms with Crippen LogP contribution in [0.15, 0.2) is 72.8 Å². The van der Waals surface area contributed by atoms with Crippen LogP contribution in [-0.2, 0) is 0 Å². The van der Waals surface area contributed by atoms with Crippen molar-refractivity contribution < 1.29 is 19.0 Å². The number of methoxy groups -OCH3 is 2. The van der Waals surface area contributed by atoms with E-state index in [1.807, 2.05) is 30.3 Å². The second kappa shape index (κ2) is 8.07. The topological polar surface area (TPSA) is 56.8 Å². The van der Waals surface area contributed by atoms with E-state index < -0.39 is 0 Å². The average molecular weight is 349 g/mol. The quantitative estimate of drug-likeness (QED) is 0.698. The lowest BCUT2D eigenvalue weighted by Gasteiger charge is -2.11. The molecule has 0 saturated heterocycles. The summed E-state index contributed by atoms with van der Waals surface area (Å²) in [7, 11) is 3.12. The van der Waals surface area contributed by atoms with Gasteiger partial charge in [-0.25, -0.2) is 0 Å². The van der Waals surface area contributed by atoms with Crippen molar-refractivity contribution in [3.8, 4) is 23.0 Å². The highest BCUT2D eigenvalue weighted by atomic mass is 16.5. The molecule has 3 aromatic carbocycles. The van der Waals surface area contributed by atoms with Crippen LogP contribution in [0.2, 0.25) is 0 Å². The summed E-state index contributed by atoms with van der Waals surface area (Å²) < 4.78 is 16.2. The van der Waals surface area contributed by atoms with Crippen LogP contribution in [-0.4, -0.2) is 20.1 Å². The number of carbonyl (C=O) groups is 1. The van der Waals surface area contributed by atoms with Crippen LogP contribution in [0.25, 0.3) is 0 Å². The van der Waals surface area contributed by atoms with Gasteiger partial charge >= 0.3 is 0 Å². The first-order valence-corrected chi connectivity index (χ1v) is 8.06. The molecule has 0 heterocycles. The van der Waals surface area contributed by atoms with E-state index >= 15 is 0 Å². The molecule has 0 unspecified atom stereocenters. The first kappa shape index (κ1) is 17.4. The summed E-state index contributed by atoms with van der Waals surface area (Å²) in [5.74, 6) is 2.35. The third-order valence-corrected chi connectivity index (χ3v) is 3.74. The molecular formula is C21H19NO4. The first-order chi connectivity index (χ1) is 12.7. The van der Waals surface area contributed by atoms with Crippen molar-refractivity contribution in [3.05, 3.63) is 78.4 Å². The number of para-hydroxylation sites is 1. The van der Waals surface area contributed by atoms with E-state index in [4.69, 9.17) is 14.2 Å². The highest BCUT2D eigenvalue weighted by Crippen LogP contribution is 2.30. The normalized spacial score (nSPS) is 10.1. The number of hydrogen-bond acceptors (Lipinski definition) is 4. The van der Waals surface area contributed by atoms with Crippen molar-refractivity contribution in [2.24, 2.45) is 0 Å². The molecule has 1 N–H and O–H groups in total. The number of ether oxygens (including phenoxy) is 3. The molecule has 0 bridgehead atoms. The van der Waals surface area contributed by atoms with Crippen LogP contribution >= 0.6 is 0 Å². The molecule has 0 atom stereocenters. The SMILES string of the molecule is COc1ccc(NC(=O)c2ccc(Oc3ccccc3)cc2)cc1OC. The Hall–Kier alpha value is -3.47. The summed E-state index contributed by atoms with van der Waals surface area (Å²) in [5, 5.41) is 2.84. The van der Waals surface area contributed by atoms with Gasteiger partial charge in [-0.05, 0) is 48.5 Å². The lowest BCUT2D eigenvalue weighted by molar-refractivity contribution is 0.102. The molecule has 0 saturated carbocycles. The molecular weight excluding hydrogens is 330 g/mol. The van der Waals surface area contributed by atoms with Gasteiger partial charge in [-0.1, -0.05) is 18.2 Å². The minimum atomic E-state index is -0.219. The lowest BCUT2D eigenvalue weighted by atomic mass is 10.2. The summed E-state index contributed by atoms with van der Waals surface area (Å²) >= 11 is 0. The minimum Gasteiger partial charge on any atom is -0.493 e. The molecule has 0 aliphatic rings. The summed E-state index contributed by atoms with van der Waals surface area (Å²) in [4.78, 5) is 12.4. The van der Waals surface area contributed by atoms with Gasteiger partial charge in [0.1, 0.15) is 11.5 Å². The fourth-order valence-electron chi connectivity index (χ4n) is 2.42. The van der Waals surface area contributed by atoms with Crippen LogP contribution in [0.1, 0.15) is 10.4 Å². The summed E-state index contributed by atoms with van der Waals surface area (Å²) in [5.41, 5.74) is 1.15. The van der Waals surface area contributed by atoms with E-state index in [1.165, 1.54) is 0 Å². The van der Waals surface area contributed by atoms with Crippen LogP contribution in [0, 0.1) is 0 Å². The van der Waals surface area contributed by atoms with Crippen LogP contribution in [0.4, 0.5) is 5.69 Å². The second-order valence-electron chi connectivity index (χ2n) is 5.46. The predicted molar refractivity (Wildman–Crippen MR) is 100 cm³/mol. The number of carbonyl (C=O) groups excluding carboxylic acids is 1. The molecule has 1 amide bonds. The van der Waals surface area contributed by atoms with E-state index in [-0.39, 0.29) is 5.91 Å². The summed E-state index contributed by atoms with van der Waals surface area (Å²) in [6.45, 7) is 0. The summed E-state index contributed by atoms with van der Waals surface area (Å²) in [6, 6.07) is 21.6. The van der Waals surface area contributed by atoms with Crippen molar-refractivity contribution in [2.75, 3.05) is 19.5 Å². The van der Waals surface area contributed by atoms with Crippen molar-refractivity contribution in [1.29, 1.82) is 0 Å². The first-order valence-electron chi connectivity index (χ1n) is 8.06. The Morgan fingerprint density at radius 2 is 1.42 bits per heavy atom. The van der Waals surface area contributed by atoms with Gasteiger partial charge in [0.05, 0.1) is 14.2 Å². The second-order valence-corrected chi connectivity index (χ2v) is 5.46. The van der Waals surface area contributed by atoms with Gasteiger partial charge in [-0.15, -0.1) is 0 Å². The molecule has 0 spiro atoms. The number of amides is 1. The number of rotatable bonds is 6. The fraction of sp³-hybridized carbons (Fsp3) is 0.0952. The Bertz CT molecular complexity index is 876. The zero-order valence-corrected chi connectivity index (χ0v) is 14.6. The van der Waals surface area contributed by atoms with Gasteiger partial charge < -0.3 is 19.5 Å². The van der Waals surface area contributed by atoms with E-state index in [1.54, 1.807) is 56.7 Å². The molecule has 3 aromatic rings. The molecule has 5 nitrogen and oxygen atoms in total. The van der Waals surface area contributed by atoms with Crippen molar-refractivity contribution in [1.82, 2.24) is 0 Å². The molecule has 0 aliphatic heterocycles. The van der Waals surface area contributed by atoms with Crippen molar-refractivity contribution in [2.45, 2.75) is 0 Å². The van der Waals surface area contributed by atoms with E-state index in [0.29, 0.717) is 28.5 Å². The number of nitrogens with one attached hydrogen (secondary N) is 1. The molecule has 0 aromatic heterocycles. The molecule has 132 valence electrons. The Morgan fingerprint density at radius 1 is 0.769 bits per heavy atom. The van der Waals surface area contributed by atoms with Crippen LogP contribution < -0.4 is 19.5 Å². The molecule has 3 rings (SSSR count). The maximum Gasteiger partial charge on any atom is 0.255 e. The standard InChI is InChI=1S/C21H19NO4/c1-24-19-13-10-16(14-20(19)25-2)22-21(23)15-8-11-18(12-9-15)26-17-6-4-3-5-7-17/h3-14H,1-2H3,(H,22,23). The van der Waals surface area contributed by atoms with E-state index in [9.17, 15) is 4.79 Å². The highest BCUT2D eigenvalue weighted by Gasteiger charge is 2.09. The Labute approximate surface area is 152 Å². The van der Waals surface area contributed by atoms with Crippen molar-refractivity contribution in [3.63, 3.8) is 0 Å². The number of benzene rings is 3. The average Bonchev–Trinajstić information content (AvgIpc) is 2.69. The summed E-state index contributed by atoms with van der Waals surface area (Å²) in [6.07, 6.45) is 0. The van der Waals surface area contributed by atoms with Gasteiger partial charge in [-0.2, -0.15) is 0 Å². The van der Waals surface area contributed by atoms with Gasteiger partial charge in [0.2, 0.25) is 0 Å². The Balaban J connectivity index is 1.68. The number of hydrogen-bond donors (Lipinski definition) is 1. The Kier molecular flexibility index (Phi) is 5.39. The van der Waals surface area contributed by atoms with Crippen LogP contribution in [0.3, 0.4) is 0 Å². The van der Waals surface area contributed by atoms with Gasteiger partial charge in [-0.3, -0.25) is 4.79 Å². The van der Waals surface area contributed by atoms with Crippen LogP contribution in [0.5, 0.6) is 23.0 Å². The molecule has 26 heavy (non-hydrogen) atoms. The van der Waals surface area contributed by atoms with E-state index in [2.05, 4.69) is 5.32 Å². The minimum absolute atomic E-state index is 0.219. The third kappa shape index (κ3) is 4.13. The van der Waals surface area contributed by atoms with Gasteiger partial charge in [0.15, 0.2) is 11.5 Å². The fourth-order valence-corrected chi connectivity index (χ4v) is 2.42.